The Morgan fingerprint density at radius 2 is 2.00 bits per heavy atom. The fourth-order valence-electron chi connectivity index (χ4n) is 0.527. The molecule has 0 bridgehead atoms. The maximum absolute atomic E-state index is 12.0. The molecule has 0 aromatic rings. The molecule has 0 unspecified atom stereocenters. The van der Waals surface area contributed by atoms with Gasteiger partial charge >= 0.3 is 0 Å². The molecule has 0 atom stereocenters. The van der Waals surface area contributed by atoms with Gasteiger partial charge in [0.2, 0.25) is 5.92 Å². The topological polar surface area (TPSA) is 9.23 Å². The molecule has 0 aromatic heterocycles. The first kappa shape index (κ1) is 8.82. The number of hydrogen-bond donors (Lipinski definition) is 0. The van der Waals surface area contributed by atoms with Gasteiger partial charge < -0.3 is 4.74 Å². The van der Waals surface area contributed by atoms with Gasteiger partial charge in [-0.1, -0.05) is 0 Å². The molecule has 0 rings (SSSR count). The van der Waals surface area contributed by atoms with Crippen molar-refractivity contribution >= 4 is 0 Å². The molecule has 56 valence electrons. The first-order valence-electron chi connectivity index (χ1n) is 2.93. The molecule has 9 heavy (non-hydrogen) atoms. The van der Waals surface area contributed by atoms with Gasteiger partial charge in [0, 0.05) is 20.1 Å². The van der Waals surface area contributed by atoms with E-state index in [4.69, 9.17) is 0 Å². The van der Waals surface area contributed by atoms with E-state index in [0.717, 1.165) is 6.92 Å². The van der Waals surface area contributed by atoms with Crippen molar-refractivity contribution in [2.45, 2.75) is 25.7 Å². The van der Waals surface area contributed by atoms with Gasteiger partial charge in [-0.3, -0.25) is 0 Å². The smallest absolute Gasteiger partial charge is 0.245 e. The van der Waals surface area contributed by atoms with Crippen molar-refractivity contribution in [2.24, 2.45) is 0 Å². The largest absolute Gasteiger partial charge is 0.385 e. The number of rotatable bonds is 4. The highest BCUT2D eigenvalue weighted by molar-refractivity contribution is 4.56. The van der Waals surface area contributed by atoms with Crippen LogP contribution < -0.4 is 0 Å². The molecular weight excluding hydrogens is 126 g/mol. The Labute approximate surface area is 54.0 Å². The zero-order chi connectivity index (χ0) is 7.33. The van der Waals surface area contributed by atoms with Crippen LogP contribution in [0.1, 0.15) is 19.8 Å². The van der Waals surface area contributed by atoms with Gasteiger partial charge in [-0.25, -0.2) is 8.78 Å². The molecule has 0 radical (unpaired) electrons. The standard InChI is InChI=1S/C6H12F2O/c1-6(7,8)4-3-5-9-2/h3-5H2,1-2H3. The average Bonchev–Trinajstić information content (AvgIpc) is 1.63. The normalized spacial score (nSPS) is 12.0. The second kappa shape index (κ2) is 3.77. The minimum Gasteiger partial charge on any atom is -0.385 e. The molecule has 0 amide bonds. The Morgan fingerprint density at radius 3 is 2.33 bits per heavy atom. The summed E-state index contributed by atoms with van der Waals surface area (Å²) < 4.78 is 28.6. The maximum Gasteiger partial charge on any atom is 0.245 e. The molecule has 0 spiro atoms. The number of alkyl halides is 2. The minimum absolute atomic E-state index is 0.0825. The van der Waals surface area contributed by atoms with Crippen LogP contribution >= 0.6 is 0 Å². The summed E-state index contributed by atoms with van der Waals surface area (Å²) in [4.78, 5) is 0. The van der Waals surface area contributed by atoms with Crippen molar-refractivity contribution in [1.82, 2.24) is 0 Å². The molecule has 0 saturated heterocycles. The summed E-state index contributed by atoms with van der Waals surface area (Å²) >= 11 is 0. The average molecular weight is 138 g/mol. The molecule has 0 aliphatic carbocycles. The summed E-state index contributed by atoms with van der Waals surface area (Å²) in [5.41, 5.74) is 0. The zero-order valence-electron chi connectivity index (χ0n) is 5.79. The van der Waals surface area contributed by atoms with E-state index in [1.165, 1.54) is 7.11 Å². The second-order valence-corrected chi connectivity index (χ2v) is 2.17. The first-order chi connectivity index (χ1) is 4.06. The lowest BCUT2D eigenvalue weighted by Gasteiger charge is -2.07. The molecule has 3 heteroatoms. The molecule has 0 aliphatic rings. The number of halogens is 2. The van der Waals surface area contributed by atoms with Crippen molar-refractivity contribution in [3.8, 4) is 0 Å². The molecule has 0 N–H and O–H groups in total. The van der Waals surface area contributed by atoms with E-state index in [-0.39, 0.29) is 6.42 Å². The van der Waals surface area contributed by atoms with Gasteiger partial charge in [-0.05, 0) is 13.3 Å². The van der Waals surface area contributed by atoms with Crippen LogP contribution in [0.2, 0.25) is 0 Å². The van der Waals surface area contributed by atoms with Gasteiger partial charge in [-0.2, -0.15) is 0 Å². The Kier molecular flexibility index (Phi) is 3.70. The fraction of sp³-hybridized carbons (Fsp3) is 1.00. The van der Waals surface area contributed by atoms with Crippen LogP contribution in [0, 0.1) is 0 Å². The molecular formula is C6H12F2O. The summed E-state index contributed by atoms with van der Waals surface area (Å²) in [5.74, 6) is -2.53. The van der Waals surface area contributed by atoms with Crippen molar-refractivity contribution in [2.75, 3.05) is 13.7 Å². The van der Waals surface area contributed by atoms with E-state index in [9.17, 15) is 8.78 Å². The highest BCUT2D eigenvalue weighted by Crippen LogP contribution is 2.17. The summed E-state index contributed by atoms with van der Waals surface area (Å²) in [6.07, 6.45) is 0.348. The molecule has 0 saturated carbocycles. The van der Waals surface area contributed by atoms with Crippen LogP contribution in [0.4, 0.5) is 8.78 Å². The Hall–Kier alpha value is -0.180. The fourth-order valence-corrected chi connectivity index (χ4v) is 0.527. The minimum atomic E-state index is -2.53. The van der Waals surface area contributed by atoms with Crippen LogP contribution in [0.25, 0.3) is 0 Å². The van der Waals surface area contributed by atoms with Gasteiger partial charge in [0.15, 0.2) is 0 Å². The van der Waals surface area contributed by atoms with Crippen LogP contribution in [0.5, 0.6) is 0 Å². The van der Waals surface area contributed by atoms with Gasteiger partial charge in [-0.15, -0.1) is 0 Å². The summed E-state index contributed by atoms with van der Waals surface area (Å²) in [7, 11) is 1.51. The van der Waals surface area contributed by atoms with E-state index in [1.54, 1.807) is 0 Å². The number of hydrogen-bond acceptors (Lipinski definition) is 1. The second-order valence-electron chi connectivity index (χ2n) is 2.17. The third-order valence-electron chi connectivity index (χ3n) is 0.964. The summed E-state index contributed by atoms with van der Waals surface area (Å²) in [6, 6.07) is 0. The van der Waals surface area contributed by atoms with Crippen molar-refractivity contribution < 1.29 is 13.5 Å². The molecule has 0 fully saturated rings. The van der Waals surface area contributed by atoms with E-state index in [2.05, 4.69) is 4.74 Å². The van der Waals surface area contributed by atoms with Crippen molar-refractivity contribution in [1.29, 1.82) is 0 Å². The van der Waals surface area contributed by atoms with Crippen LogP contribution in [0.3, 0.4) is 0 Å². The monoisotopic (exact) mass is 138 g/mol. The molecule has 1 nitrogen and oxygen atoms in total. The third kappa shape index (κ3) is 7.82. The van der Waals surface area contributed by atoms with E-state index < -0.39 is 5.92 Å². The molecule has 0 heterocycles. The Balaban J connectivity index is 3.07. The van der Waals surface area contributed by atoms with Crippen LogP contribution in [-0.4, -0.2) is 19.6 Å². The first-order valence-corrected chi connectivity index (χ1v) is 2.93. The van der Waals surface area contributed by atoms with E-state index in [1.807, 2.05) is 0 Å². The van der Waals surface area contributed by atoms with Gasteiger partial charge in [0.05, 0.1) is 0 Å². The highest BCUT2D eigenvalue weighted by Gasteiger charge is 2.19. The summed E-state index contributed by atoms with van der Waals surface area (Å²) in [5, 5.41) is 0. The van der Waals surface area contributed by atoms with Crippen LogP contribution in [0.15, 0.2) is 0 Å². The predicted molar refractivity (Wildman–Crippen MR) is 31.7 cm³/mol. The summed E-state index contributed by atoms with van der Waals surface area (Å²) in [6.45, 7) is 1.34. The zero-order valence-corrected chi connectivity index (χ0v) is 5.79. The lowest BCUT2D eigenvalue weighted by molar-refractivity contribution is 0.00470. The number of ether oxygens (including phenoxy) is 1. The van der Waals surface area contributed by atoms with Crippen molar-refractivity contribution in [3.63, 3.8) is 0 Å². The molecule has 0 aliphatic heterocycles. The molecule has 0 aromatic carbocycles. The Morgan fingerprint density at radius 1 is 1.44 bits per heavy atom. The highest BCUT2D eigenvalue weighted by atomic mass is 19.3. The lowest BCUT2D eigenvalue weighted by atomic mass is 10.2. The SMILES string of the molecule is COCCCC(C)(F)F. The van der Waals surface area contributed by atoms with Gasteiger partial charge in [0.25, 0.3) is 0 Å². The van der Waals surface area contributed by atoms with Gasteiger partial charge in [0.1, 0.15) is 0 Å². The van der Waals surface area contributed by atoms with E-state index >= 15 is 0 Å². The van der Waals surface area contributed by atoms with Crippen LogP contribution in [-0.2, 0) is 4.74 Å². The quantitative estimate of drug-likeness (QED) is 0.540. The van der Waals surface area contributed by atoms with E-state index in [0.29, 0.717) is 13.0 Å². The number of methoxy groups -OCH3 is 1. The maximum atomic E-state index is 12.0. The van der Waals surface area contributed by atoms with Crippen molar-refractivity contribution in [3.05, 3.63) is 0 Å². The predicted octanol–water partition coefficient (Wildman–Crippen LogP) is 2.07. The third-order valence-corrected chi connectivity index (χ3v) is 0.964. The lowest BCUT2D eigenvalue weighted by Crippen LogP contribution is -2.09. The Bertz CT molecular complexity index is 67.9.